The molecular weight excluding hydrogens is 264 g/mol. The molecule has 0 bridgehead atoms. The largest absolute Gasteiger partial charge is 0.435 e. The summed E-state index contributed by atoms with van der Waals surface area (Å²) in [5, 5.41) is 3.39. The molecule has 1 aromatic carbocycles. The fourth-order valence-electron chi connectivity index (χ4n) is 2.22. The number of hydrogen-bond acceptors (Lipinski definition) is 3. The Bertz CT molecular complexity index is 388. The van der Waals surface area contributed by atoms with Gasteiger partial charge in [0.1, 0.15) is 5.75 Å². The van der Waals surface area contributed by atoms with Crippen LogP contribution in [0.2, 0.25) is 0 Å². The molecule has 2 atom stereocenters. The normalized spacial score (nSPS) is 14.3. The summed E-state index contributed by atoms with van der Waals surface area (Å²) in [6, 6.07) is 6.97. The number of nitrogens with one attached hydrogen (secondary N) is 1. The van der Waals surface area contributed by atoms with Gasteiger partial charge in [-0.15, -0.1) is 0 Å². The minimum absolute atomic E-state index is 0.0939. The van der Waals surface area contributed by atoms with Crippen LogP contribution in [0.4, 0.5) is 8.78 Å². The maximum atomic E-state index is 12.3. The van der Waals surface area contributed by atoms with Crippen molar-refractivity contribution in [3.05, 3.63) is 29.8 Å². The number of methoxy groups -OCH3 is 1. The van der Waals surface area contributed by atoms with E-state index in [-0.39, 0.29) is 11.8 Å². The molecule has 20 heavy (non-hydrogen) atoms. The van der Waals surface area contributed by atoms with Crippen LogP contribution < -0.4 is 10.1 Å². The molecular formula is C15H23F2NO2. The first-order valence-electron chi connectivity index (χ1n) is 6.85. The van der Waals surface area contributed by atoms with E-state index in [9.17, 15) is 8.78 Å². The minimum atomic E-state index is -2.80. The Balaban J connectivity index is 2.84. The summed E-state index contributed by atoms with van der Waals surface area (Å²) in [5.41, 5.74) is 0.952. The number of rotatable bonds is 9. The highest BCUT2D eigenvalue weighted by Gasteiger charge is 2.19. The molecule has 114 valence electrons. The zero-order valence-electron chi connectivity index (χ0n) is 12.2. The highest BCUT2D eigenvalue weighted by molar-refractivity contribution is 5.31. The van der Waals surface area contributed by atoms with Gasteiger partial charge in [-0.05, 0) is 36.6 Å². The molecule has 1 rings (SSSR count). The van der Waals surface area contributed by atoms with Gasteiger partial charge >= 0.3 is 6.61 Å². The predicted molar refractivity (Wildman–Crippen MR) is 75.1 cm³/mol. The Labute approximate surface area is 119 Å². The van der Waals surface area contributed by atoms with Crippen LogP contribution in [0.5, 0.6) is 5.75 Å². The fourth-order valence-corrected chi connectivity index (χ4v) is 2.22. The van der Waals surface area contributed by atoms with Gasteiger partial charge in [0.15, 0.2) is 0 Å². The van der Waals surface area contributed by atoms with Crippen LogP contribution in [0.1, 0.15) is 31.9 Å². The van der Waals surface area contributed by atoms with Crippen molar-refractivity contribution in [2.24, 2.45) is 5.92 Å². The topological polar surface area (TPSA) is 30.5 Å². The van der Waals surface area contributed by atoms with Crippen molar-refractivity contribution in [1.82, 2.24) is 5.32 Å². The van der Waals surface area contributed by atoms with Gasteiger partial charge in [-0.25, -0.2) is 0 Å². The smallest absolute Gasteiger partial charge is 0.387 e. The number of halogens is 2. The first-order valence-corrected chi connectivity index (χ1v) is 6.85. The first kappa shape index (κ1) is 16.9. The fraction of sp³-hybridized carbons (Fsp3) is 0.600. The Hall–Kier alpha value is -1.20. The minimum Gasteiger partial charge on any atom is -0.435 e. The Morgan fingerprint density at radius 3 is 2.65 bits per heavy atom. The van der Waals surface area contributed by atoms with Crippen molar-refractivity contribution >= 4 is 0 Å². The molecule has 2 unspecified atom stereocenters. The second kappa shape index (κ2) is 8.87. The SMILES string of the molecule is CCNC(c1cccc(OC(F)F)c1)C(C)CCOC. The molecule has 0 saturated heterocycles. The Kier molecular flexibility index (Phi) is 7.47. The quantitative estimate of drug-likeness (QED) is 0.752. The van der Waals surface area contributed by atoms with Gasteiger partial charge in [-0.3, -0.25) is 0 Å². The van der Waals surface area contributed by atoms with Crippen molar-refractivity contribution in [2.75, 3.05) is 20.3 Å². The molecule has 1 aromatic rings. The molecule has 5 heteroatoms. The van der Waals surface area contributed by atoms with E-state index in [1.54, 1.807) is 25.3 Å². The lowest BCUT2D eigenvalue weighted by atomic mass is 9.92. The third kappa shape index (κ3) is 5.43. The second-order valence-corrected chi connectivity index (χ2v) is 4.75. The van der Waals surface area contributed by atoms with E-state index in [2.05, 4.69) is 17.0 Å². The molecule has 3 nitrogen and oxygen atoms in total. The number of benzene rings is 1. The second-order valence-electron chi connectivity index (χ2n) is 4.75. The van der Waals surface area contributed by atoms with Crippen molar-refractivity contribution in [2.45, 2.75) is 32.9 Å². The van der Waals surface area contributed by atoms with E-state index in [1.165, 1.54) is 0 Å². The van der Waals surface area contributed by atoms with Crippen LogP contribution >= 0.6 is 0 Å². The van der Waals surface area contributed by atoms with Crippen LogP contribution in [0.25, 0.3) is 0 Å². The number of hydrogen-bond donors (Lipinski definition) is 1. The van der Waals surface area contributed by atoms with E-state index in [0.29, 0.717) is 12.5 Å². The van der Waals surface area contributed by atoms with E-state index < -0.39 is 6.61 Å². The van der Waals surface area contributed by atoms with Gasteiger partial charge in [-0.2, -0.15) is 8.78 Å². The zero-order chi connectivity index (χ0) is 15.0. The highest BCUT2D eigenvalue weighted by atomic mass is 19.3. The lowest BCUT2D eigenvalue weighted by Gasteiger charge is -2.25. The lowest BCUT2D eigenvalue weighted by Crippen LogP contribution is -2.27. The van der Waals surface area contributed by atoms with Gasteiger partial charge in [-0.1, -0.05) is 26.0 Å². The predicted octanol–water partition coefficient (Wildman–Crippen LogP) is 3.61. The van der Waals surface area contributed by atoms with Gasteiger partial charge in [0.2, 0.25) is 0 Å². The summed E-state index contributed by atoms with van der Waals surface area (Å²) < 4.78 is 34.1. The van der Waals surface area contributed by atoms with Gasteiger partial charge in [0.25, 0.3) is 0 Å². The molecule has 0 aliphatic heterocycles. The molecule has 0 amide bonds. The van der Waals surface area contributed by atoms with Crippen LogP contribution in [0.3, 0.4) is 0 Å². The monoisotopic (exact) mass is 287 g/mol. The van der Waals surface area contributed by atoms with Crippen LogP contribution in [-0.2, 0) is 4.74 Å². The number of alkyl halides is 2. The van der Waals surface area contributed by atoms with Crippen molar-refractivity contribution in [3.8, 4) is 5.75 Å². The van der Waals surface area contributed by atoms with Crippen molar-refractivity contribution in [1.29, 1.82) is 0 Å². The lowest BCUT2D eigenvalue weighted by molar-refractivity contribution is -0.0499. The van der Waals surface area contributed by atoms with Crippen LogP contribution in [-0.4, -0.2) is 26.9 Å². The van der Waals surface area contributed by atoms with E-state index >= 15 is 0 Å². The molecule has 0 fully saturated rings. The summed E-state index contributed by atoms with van der Waals surface area (Å²) in [7, 11) is 1.67. The first-order chi connectivity index (χ1) is 9.58. The van der Waals surface area contributed by atoms with Gasteiger partial charge in [0.05, 0.1) is 0 Å². The molecule has 0 heterocycles. The average molecular weight is 287 g/mol. The zero-order valence-corrected chi connectivity index (χ0v) is 12.2. The summed E-state index contributed by atoms with van der Waals surface area (Å²) in [5.74, 6) is 0.524. The third-order valence-electron chi connectivity index (χ3n) is 3.21. The van der Waals surface area contributed by atoms with Crippen molar-refractivity contribution < 1.29 is 18.3 Å². The molecule has 1 N–H and O–H groups in total. The Morgan fingerprint density at radius 2 is 2.05 bits per heavy atom. The van der Waals surface area contributed by atoms with E-state index in [0.717, 1.165) is 18.5 Å². The maximum absolute atomic E-state index is 12.3. The van der Waals surface area contributed by atoms with E-state index in [1.807, 2.05) is 13.0 Å². The molecule has 0 aliphatic rings. The Morgan fingerprint density at radius 1 is 1.30 bits per heavy atom. The third-order valence-corrected chi connectivity index (χ3v) is 3.21. The number of ether oxygens (including phenoxy) is 2. The van der Waals surface area contributed by atoms with Gasteiger partial charge < -0.3 is 14.8 Å². The summed E-state index contributed by atoms with van der Waals surface area (Å²) in [6.45, 7) is 2.83. The molecule has 0 aliphatic carbocycles. The van der Waals surface area contributed by atoms with E-state index in [4.69, 9.17) is 4.74 Å². The van der Waals surface area contributed by atoms with Gasteiger partial charge in [0, 0.05) is 19.8 Å². The molecule has 0 radical (unpaired) electrons. The molecule has 0 aromatic heterocycles. The summed E-state index contributed by atoms with van der Waals surface area (Å²) in [6.07, 6.45) is 0.897. The molecule has 0 spiro atoms. The highest BCUT2D eigenvalue weighted by Crippen LogP contribution is 2.27. The van der Waals surface area contributed by atoms with Crippen LogP contribution in [0, 0.1) is 5.92 Å². The van der Waals surface area contributed by atoms with Crippen molar-refractivity contribution in [3.63, 3.8) is 0 Å². The molecule has 0 saturated carbocycles. The van der Waals surface area contributed by atoms with Crippen LogP contribution in [0.15, 0.2) is 24.3 Å². The summed E-state index contributed by atoms with van der Waals surface area (Å²) >= 11 is 0. The summed E-state index contributed by atoms with van der Waals surface area (Å²) in [4.78, 5) is 0. The maximum Gasteiger partial charge on any atom is 0.387 e. The average Bonchev–Trinajstić information content (AvgIpc) is 2.41. The standard InChI is InChI=1S/C15H23F2NO2/c1-4-18-14(11(2)8-9-19-3)12-6-5-7-13(10-12)20-15(16)17/h5-7,10-11,14-15,18H,4,8-9H2,1-3H3.